The Morgan fingerprint density at radius 3 is 2.46 bits per heavy atom. The first-order valence-corrected chi connectivity index (χ1v) is 10.7. The zero-order chi connectivity index (χ0) is 25.4. The van der Waals surface area contributed by atoms with Gasteiger partial charge in [-0.2, -0.15) is 18.3 Å². The molecule has 4 rings (SSSR count). The first-order valence-electron chi connectivity index (χ1n) is 10.7. The summed E-state index contributed by atoms with van der Waals surface area (Å²) in [5, 5.41) is 4.34. The standard InChI is InChI=1S/C23H22F5N5O2/c1-14-8-22(24,25)13-33(18(14)12-35-21-29-9-16(10-30-21)23(26,27)28)20(34)17-11-32(2)31-19(17)15-6-4-3-5-7-15/h3-7,9-11,14,18H,8,12-13H2,1-2H3/t14-,18-/m1/s1. The van der Waals surface area contributed by atoms with Gasteiger partial charge in [0.25, 0.3) is 11.8 Å². The average Bonchev–Trinajstić information content (AvgIpc) is 3.19. The maximum Gasteiger partial charge on any atom is 0.419 e. The number of amides is 1. The van der Waals surface area contributed by atoms with Gasteiger partial charge in [-0.05, 0) is 5.92 Å². The summed E-state index contributed by atoms with van der Waals surface area (Å²) in [6, 6.07) is 7.73. The fourth-order valence-electron chi connectivity index (χ4n) is 4.13. The maximum atomic E-state index is 14.5. The third kappa shape index (κ3) is 5.41. The summed E-state index contributed by atoms with van der Waals surface area (Å²) >= 11 is 0. The lowest BCUT2D eigenvalue weighted by Gasteiger charge is -2.43. The molecule has 0 radical (unpaired) electrons. The van der Waals surface area contributed by atoms with E-state index in [1.54, 1.807) is 44.3 Å². The molecule has 186 valence electrons. The van der Waals surface area contributed by atoms with E-state index in [0.29, 0.717) is 23.7 Å². The molecule has 0 bridgehead atoms. The lowest BCUT2D eigenvalue weighted by molar-refractivity contribution is -0.138. The van der Waals surface area contributed by atoms with Crippen molar-refractivity contribution in [3.8, 4) is 17.3 Å². The molecule has 1 aliphatic heterocycles. The number of alkyl halides is 5. The van der Waals surface area contributed by atoms with Crippen LogP contribution < -0.4 is 4.74 Å². The molecule has 3 aromatic rings. The number of aromatic nitrogens is 4. The number of halogens is 5. The van der Waals surface area contributed by atoms with E-state index in [-0.39, 0.29) is 18.2 Å². The molecule has 0 unspecified atom stereocenters. The zero-order valence-electron chi connectivity index (χ0n) is 18.8. The molecular weight excluding hydrogens is 473 g/mol. The van der Waals surface area contributed by atoms with Crippen molar-refractivity contribution in [3.63, 3.8) is 0 Å². The number of aryl methyl sites for hydroxylation is 1. The minimum atomic E-state index is -4.61. The van der Waals surface area contributed by atoms with Gasteiger partial charge < -0.3 is 9.64 Å². The fourth-order valence-corrected chi connectivity index (χ4v) is 4.13. The predicted octanol–water partition coefficient (Wildman–Crippen LogP) is 4.46. The first kappa shape index (κ1) is 24.6. The summed E-state index contributed by atoms with van der Waals surface area (Å²) in [6.07, 6.45) is -2.46. The number of carbonyl (C=O) groups excluding carboxylic acids is 1. The molecule has 1 saturated heterocycles. The summed E-state index contributed by atoms with van der Waals surface area (Å²) in [5.74, 6) is -4.44. The van der Waals surface area contributed by atoms with Crippen molar-refractivity contribution in [1.29, 1.82) is 0 Å². The van der Waals surface area contributed by atoms with Gasteiger partial charge in [-0.3, -0.25) is 9.48 Å². The predicted molar refractivity (Wildman–Crippen MR) is 115 cm³/mol. The van der Waals surface area contributed by atoms with E-state index in [1.807, 2.05) is 0 Å². The van der Waals surface area contributed by atoms with E-state index in [1.165, 1.54) is 10.9 Å². The number of hydrogen-bond acceptors (Lipinski definition) is 5. The Hall–Kier alpha value is -3.57. The molecular formula is C23H22F5N5O2. The van der Waals surface area contributed by atoms with Gasteiger partial charge in [0.2, 0.25) is 0 Å². The van der Waals surface area contributed by atoms with E-state index in [2.05, 4.69) is 15.1 Å². The molecule has 2 aromatic heterocycles. The summed E-state index contributed by atoms with van der Waals surface area (Å²) in [7, 11) is 1.62. The second-order valence-electron chi connectivity index (χ2n) is 8.53. The number of likely N-dealkylation sites (tertiary alicyclic amines) is 1. The zero-order valence-corrected chi connectivity index (χ0v) is 18.8. The van der Waals surface area contributed by atoms with E-state index in [9.17, 15) is 26.7 Å². The molecule has 1 aromatic carbocycles. The molecule has 1 aliphatic rings. The van der Waals surface area contributed by atoms with Gasteiger partial charge in [-0.1, -0.05) is 37.3 Å². The molecule has 1 amide bonds. The SMILES string of the molecule is C[C@@H]1CC(F)(F)CN(C(=O)c2cn(C)nc2-c2ccccc2)[C@@H]1COc1ncc(C(F)(F)F)cn1. The van der Waals surface area contributed by atoms with E-state index in [0.717, 1.165) is 4.90 Å². The smallest absolute Gasteiger partial charge is 0.419 e. The summed E-state index contributed by atoms with van der Waals surface area (Å²) in [4.78, 5) is 21.7. The highest BCUT2D eigenvalue weighted by molar-refractivity contribution is 6.00. The monoisotopic (exact) mass is 495 g/mol. The second-order valence-corrected chi connectivity index (χ2v) is 8.53. The molecule has 3 heterocycles. The number of hydrogen-bond donors (Lipinski definition) is 0. The number of rotatable bonds is 5. The lowest BCUT2D eigenvalue weighted by atomic mass is 9.88. The molecule has 0 spiro atoms. The van der Waals surface area contributed by atoms with Crippen LogP contribution in [0.3, 0.4) is 0 Å². The molecule has 2 atom stereocenters. The van der Waals surface area contributed by atoms with Crippen molar-refractivity contribution < 1.29 is 31.5 Å². The minimum absolute atomic E-state index is 0.152. The highest BCUT2D eigenvalue weighted by Crippen LogP contribution is 2.36. The summed E-state index contributed by atoms with van der Waals surface area (Å²) in [6.45, 7) is 0.465. The minimum Gasteiger partial charge on any atom is -0.461 e. The number of benzene rings is 1. The highest BCUT2D eigenvalue weighted by Gasteiger charge is 2.47. The molecule has 35 heavy (non-hydrogen) atoms. The van der Waals surface area contributed by atoms with E-state index >= 15 is 0 Å². The van der Waals surface area contributed by atoms with Crippen molar-refractivity contribution in [3.05, 3.63) is 60.0 Å². The van der Waals surface area contributed by atoms with Crippen molar-refractivity contribution in [2.24, 2.45) is 13.0 Å². The first-order chi connectivity index (χ1) is 16.4. The van der Waals surface area contributed by atoms with E-state index in [4.69, 9.17) is 4.74 Å². The van der Waals surface area contributed by atoms with Crippen molar-refractivity contribution in [1.82, 2.24) is 24.6 Å². The van der Waals surface area contributed by atoms with Gasteiger partial charge in [0, 0.05) is 37.6 Å². The van der Waals surface area contributed by atoms with Crippen LogP contribution in [0.1, 0.15) is 29.3 Å². The number of ether oxygens (including phenoxy) is 1. The van der Waals surface area contributed by atoms with Crippen LogP contribution in [0.15, 0.2) is 48.9 Å². The van der Waals surface area contributed by atoms with Crippen LogP contribution in [0.25, 0.3) is 11.3 Å². The number of nitrogens with zero attached hydrogens (tertiary/aromatic N) is 5. The van der Waals surface area contributed by atoms with Crippen molar-refractivity contribution in [2.45, 2.75) is 31.5 Å². The van der Waals surface area contributed by atoms with Crippen LogP contribution in [0.2, 0.25) is 0 Å². The molecule has 12 heteroatoms. The lowest BCUT2D eigenvalue weighted by Crippen LogP contribution is -2.57. The topological polar surface area (TPSA) is 73.1 Å². The van der Waals surface area contributed by atoms with Gasteiger partial charge in [0.05, 0.1) is 23.7 Å². The van der Waals surface area contributed by atoms with Gasteiger partial charge in [0.1, 0.15) is 12.3 Å². The van der Waals surface area contributed by atoms with Gasteiger partial charge >= 0.3 is 12.2 Å². The quantitative estimate of drug-likeness (QED) is 0.489. The Labute approximate surface area is 197 Å². The average molecular weight is 495 g/mol. The third-order valence-corrected chi connectivity index (χ3v) is 5.79. The second kappa shape index (κ2) is 9.23. The molecule has 1 fully saturated rings. The fraction of sp³-hybridized carbons (Fsp3) is 0.391. The van der Waals surface area contributed by atoms with Crippen molar-refractivity contribution >= 4 is 5.91 Å². The number of piperidine rings is 1. The Morgan fingerprint density at radius 1 is 1.17 bits per heavy atom. The molecule has 7 nitrogen and oxygen atoms in total. The Bertz CT molecular complexity index is 1180. The van der Waals surface area contributed by atoms with Crippen LogP contribution in [-0.4, -0.2) is 55.7 Å². The number of carbonyl (C=O) groups is 1. The molecule has 0 N–H and O–H groups in total. The van der Waals surface area contributed by atoms with E-state index < -0.39 is 48.5 Å². The van der Waals surface area contributed by atoms with Crippen molar-refractivity contribution in [2.75, 3.05) is 13.2 Å². The Morgan fingerprint density at radius 2 is 1.83 bits per heavy atom. The third-order valence-electron chi connectivity index (χ3n) is 5.79. The highest BCUT2D eigenvalue weighted by atomic mass is 19.4. The van der Waals surface area contributed by atoms with Gasteiger partial charge in [-0.15, -0.1) is 0 Å². The summed E-state index contributed by atoms with van der Waals surface area (Å²) < 4.78 is 74.1. The van der Waals surface area contributed by atoms with Gasteiger partial charge in [-0.25, -0.2) is 18.7 Å². The largest absolute Gasteiger partial charge is 0.461 e. The summed E-state index contributed by atoms with van der Waals surface area (Å²) in [5.41, 5.74) is 0.112. The van der Waals surface area contributed by atoms with Gasteiger partial charge in [0.15, 0.2) is 0 Å². The van der Waals surface area contributed by atoms with Crippen LogP contribution >= 0.6 is 0 Å². The Balaban J connectivity index is 1.60. The van der Waals surface area contributed by atoms with Crippen LogP contribution in [0, 0.1) is 5.92 Å². The molecule has 0 aliphatic carbocycles. The Kier molecular flexibility index (Phi) is 6.48. The van der Waals surface area contributed by atoms with Crippen LogP contribution in [-0.2, 0) is 13.2 Å². The van der Waals surface area contributed by atoms with Crippen LogP contribution in [0.5, 0.6) is 6.01 Å². The van der Waals surface area contributed by atoms with Crippen LogP contribution in [0.4, 0.5) is 22.0 Å². The molecule has 0 saturated carbocycles. The maximum absolute atomic E-state index is 14.5. The normalized spacial score (nSPS) is 20.0.